The van der Waals surface area contributed by atoms with E-state index in [1.54, 1.807) is 14.2 Å². The van der Waals surface area contributed by atoms with Crippen molar-refractivity contribution in [2.24, 2.45) is 0 Å². The Labute approximate surface area is 247 Å². The zero-order valence-electron chi connectivity index (χ0n) is 25.4. The van der Waals surface area contributed by atoms with Crippen molar-refractivity contribution in [1.29, 1.82) is 0 Å². The van der Waals surface area contributed by atoms with Crippen LogP contribution in [-0.2, 0) is 15.9 Å². The molecule has 0 spiro atoms. The van der Waals surface area contributed by atoms with E-state index in [0.717, 1.165) is 11.5 Å². The van der Waals surface area contributed by atoms with Crippen molar-refractivity contribution in [2.45, 2.75) is 104 Å². The number of para-hydroxylation sites is 2. The van der Waals surface area contributed by atoms with Gasteiger partial charge in [0, 0.05) is 10.6 Å². The molecule has 216 valence electrons. The standard InChI is InChI=1S/2C15H25OP.2ClH.Pd/c2*1-14(2,3)17(15(4,5)6)13-11-9-8-10-12(13)16-7;;;/h2*8-11H,1-7H3;2*1H;/q;;;;+2/p-2. The van der Waals surface area contributed by atoms with Crippen LogP contribution in [0.3, 0.4) is 0 Å². The molecule has 2 nitrogen and oxygen atoms in total. The molecular formula is C30H50Cl2O2P2Pd. The predicted octanol–water partition coefficient (Wildman–Crippen LogP) is 10.2. The van der Waals surface area contributed by atoms with E-state index in [9.17, 15) is 0 Å². The van der Waals surface area contributed by atoms with Crippen LogP contribution < -0.4 is 20.1 Å². The molecular weight excluding hydrogens is 632 g/mol. The molecule has 0 radical (unpaired) electrons. The maximum atomic E-state index is 5.53. The molecule has 0 aliphatic heterocycles. The Morgan fingerprint density at radius 3 is 0.919 bits per heavy atom. The number of ether oxygens (including phenoxy) is 2. The fourth-order valence-corrected chi connectivity index (χ4v) is 13.2. The second-order valence-electron chi connectivity index (χ2n) is 12.7. The van der Waals surface area contributed by atoms with Crippen LogP contribution in [0, 0.1) is 0 Å². The van der Waals surface area contributed by atoms with Crippen LogP contribution in [0.2, 0.25) is 0 Å². The van der Waals surface area contributed by atoms with Crippen LogP contribution in [0.25, 0.3) is 0 Å². The Morgan fingerprint density at radius 2 is 0.730 bits per heavy atom. The molecule has 37 heavy (non-hydrogen) atoms. The SMILES string of the molecule is COc1ccccc1P(C(C)(C)C)C(C)(C)C.COc1ccccc1P(C(C)(C)C)C(C)(C)C.[Cl][Pd][Cl]. The minimum absolute atomic E-state index is 0.106. The third kappa shape index (κ3) is 12.5. The number of methoxy groups -OCH3 is 2. The minimum atomic E-state index is -0.289. The van der Waals surface area contributed by atoms with Gasteiger partial charge in [0.1, 0.15) is 11.5 Å². The van der Waals surface area contributed by atoms with E-state index in [1.807, 2.05) is 12.1 Å². The van der Waals surface area contributed by atoms with E-state index < -0.39 is 0 Å². The van der Waals surface area contributed by atoms with Gasteiger partial charge in [-0.3, -0.25) is 0 Å². The van der Waals surface area contributed by atoms with E-state index in [4.69, 9.17) is 28.5 Å². The summed E-state index contributed by atoms with van der Waals surface area (Å²) in [5.74, 6) is 2.06. The second-order valence-corrected chi connectivity index (χ2v) is 22.8. The molecule has 0 amide bonds. The molecule has 0 bridgehead atoms. The van der Waals surface area contributed by atoms with Gasteiger partial charge in [-0.2, -0.15) is 0 Å². The van der Waals surface area contributed by atoms with Crippen molar-refractivity contribution in [3.8, 4) is 11.5 Å². The Bertz CT molecular complexity index is 823. The fraction of sp³-hybridized carbons (Fsp3) is 0.600. The molecule has 0 saturated carbocycles. The van der Waals surface area contributed by atoms with Gasteiger partial charge in [0.2, 0.25) is 0 Å². The van der Waals surface area contributed by atoms with Crippen LogP contribution in [-0.4, -0.2) is 34.8 Å². The second kappa shape index (κ2) is 15.8. The number of hydrogen-bond donors (Lipinski definition) is 0. The first kappa shape index (κ1) is 37.1. The summed E-state index contributed by atoms with van der Waals surface area (Å²) in [5, 5.41) is 3.88. The Kier molecular flexibility index (Phi) is 15.9. The summed E-state index contributed by atoms with van der Waals surface area (Å²) in [7, 11) is 12.6. The zero-order valence-corrected chi connectivity index (χ0v) is 30.3. The maximum absolute atomic E-state index is 5.53. The monoisotopic (exact) mass is 680 g/mol. The van der Waals surface area contributed by atoms with E-state index in [0.29, 0.717) is 0 Å². The van der Waals surface area contributed by atoms with Crippen molar-refractivity contribution in [3.63, 3.8) is 0 Å². The number of hydrogen-bond acceptors (Lipinski definition) is 2. The summed E-state index contributed by atoms with van der Waals surface area (Å²) in [6, 6.07) is 16.9. The molecule has 0 atom stereocenters. The van der Waals surface area contributed by atoms with E-state index >= 15 is 0 Å². The third-order valence-corrected chi connectivity index (χ3v) is 12.4. The first-order valence-corrected chi connectivity index (χ1v) is 19.1. The first-order chi connectivity index (χ1) is 16.8. The van der Waals surface area contributed by atoms with Gasteiger partial charge < -0.3 is 9.47 Å². The predicted molar refractivity (Wildman–Crippen MR) is 170 cm³/mol. The first-order valence-electron chi connectivity index (χ1n) is 12.5. The molecule has 0 aliphatic carbocycles. The molecule has 2 rings (SSSR count). The molecule has 0 N–H and O–H groups in total. The van der Waals surface area contributed by atoms with Crippen LogP contribution in [0.4, 0.5) is 0 Å². The molecule has 0 saturated heterocycles. The molecule has 0 unspecified atom stereocenters. The molecule has 2 aromatic carbocycles. The quantitative estimate of drug-likeness (QED) is 0.236. The Hall–Kier alpha value is 0.142. The van der Waals surface area contributed by atoms with Crippen molar-refractivity contribution in [1.82, 2.24) is 0 Å². The summed E-state index contributed by atoms with van der Waals surface area (Å²) >= 11 is -0.106. The summed E-state index contributed by atoms with van der Waals surface area (Å²) < 4.78 is 11.1. The van der Waals surface area contributed by atoms with Crippen LogP contribution in [0.15, 0.2) is 48.5 Å². The number of rotatable bonds is 4. The molecule has 0 fully saturated rings. The molecule has 0 heterocycles. The summed E-state index contributed by atoms with van der Waals surface area (Å²) in [5.41, 5.74) is 0. The number of benzene rings is 2. The van der Waals surface area contributed by atoms with Gasteiger partial charge in [-0.15, -0.1) is 0 Å². The van der Waals surface area contributed by atoms with E-state index in [1.165, 1.54) is 10.6 Å². The van der Waals surface area contributed by atoms with Crippen molar-refractivity contribution in [3.05, 3.63) is 48.5 Å². The van der Waals surface area contributed by atoms with Crippen LogP contribution in [0.5, 0.6) is 11.5 Å². The van der Waals surface area contributed by atoms with Gasteiger partial charge in [-0.05, 0) is 32.8 Å². The average Bonchev–Trinajstić information content (AvgIpc) is 2.71. The van der Waals surface area contributed by atoms with Crippen LogP contribution >= 0.6 is 34.9 Å². The Balaban J connectivity index is 0.000000633. The molecule has 2 aromatic rings. The van der Waals surface area contributed by atoms with Crippen LogP contribution in [0.1, 0.15) is 83.1 Å². The van der Waals surface area contributed by atoms with Crippen molar-refractivity contribution < 1.29 is 25.4 Å². The molecule has 7 heteroatoms. The van der Waals surface area contributed by atoms with Gasteiger partial charge in [-0.1, -0.05) is 135 Å². The van der Waals surface area contributed by atoms with Crippen molar-refractivity contribution >= 4 is 45.5 Å². The normalized spacial score (nSPS) is 12.5. The Morgan fingerprint density at radius 1 is 0.514 bits per heavy atom. The topological polar surface area (TPSA) is 18.5 Å². The van der Waals surface area contributed by atoms with Crippen molar-refractivity contribution in [2.75, 3.05) is 14.2 Å². The summed E-state index contributed by atoms with van der Waals surface area (Å²) in [6.45, 7) is 28.0. The van der Waals surface area contributed by atoms with Gasteiger partial charge in [0.15, 0.2) is 0 Å². The molecule has 0 aromatic heterocycles. The zero-order chi connectivity index (χ0) is 29.2. The average molecular weight is 682 g/mol. The van der Waals surface area contributed by atoms with Gasteiger partial charge in [0.25, 0.3) is 0 Å². The summed E-state index contributed by atoms with van der Waals surface area (Å²) in [6.07, 6.45) is 0. The van der Waals surface area contributed by atoms with Gasteiger partial charge >= 0.3 is 35.0 Å². The van der Waals surface area contributed by atoms with Gasteiger partial charge in [0.05, 0.1) is 14.2 Å². The fourth-order valence-electron chi connectivity index (χ4n) is 5.09. The van der Waals surface area contributed by atoms with E-state index in [2.05, 4.69) is 119 Å². The number of halogens is 2. The third-order valence-electron chi connectivity index (χ3n) is 5.34. The van der Waals surface area contributed by atoms with E-state index in [-0.39, 0.29) is 52.4 Å². The molecule has 0 aliphatic rings. The summed E-state index contributed by atoms with van der Waals surface area (Å²) in [4.78, 5) is 0. The van der Waals surface area contributed by atoms with Gasteiger partial charge in [-0.25, -0.2) is 0 Å².